The minimum atomic E-state index is -1.05. The zero-order valence-electron chi connectivity index (χ0n) is 23.9. The van der Waals surface area contributed by atoms with E-state index in [4.69, 9.17) is 4.74 Å². The molecule has 42 heavy (non-hydrogen) atoms. The van der Waals surface area contributed by atoms with Crippen molar-refractivity contribution < 1.29 is 18.3 Å². The lowest BCUT2D eigenvalue weighted by Gasteiger charge is -2.36. The Morgan fingerprint density at radius 1 is 1.12 bits per heavy atom. The average Bonchev–Trinajstić information content (AvgIpc) is 3.69. The first-order valence-electron chi connectivity index (χ1n) is 14.5. The smallest absolute Gasteiger partial charge is 0.254 e. The first kappa shape index (κ1) is 28.0. The monoisotopic (exact) mass is 575 g/mol. The number of methoxy groups -OCH3 is 1. The number of rotatable bonds is 8. The van der Waals surface area contributed by atoms with Gasteiger partial charge in [-0.3, -0.25) is 14.1 Å². The fourth-order valence-corrected chi connectivity index (χ4v) is 5.93. The molecular formula is C31H35F2N7O2. The largest absolute Gasteiger partial charge is 0.494 e. The van der Waals surface area contributed by atoms with Crippen LogP contribution in [0.25, 0.3) is 16.9 Å². The Balaban J connectivity index is 1.18. The molecule has 2 saturated heterocycles. The molecule has 2 aromatic heterocycles. The molecule has 2 N–H and O–H groups in total. The molecule has 0 bridgehead atoms. The molecule has 2 aliphatic heterocycles. The molecule has 0 aliphatic carbocycles. The number of anilines is 2. The third-order valence-electron chi connectivity index (χ3n) is 8.25. The summed E-state index contributed by atoms with van der Waals surface area (Å²) in [5.41, 5.74) is 3.29. The van der Waals surface area contributed by atoms with E-state index in [0.29, 0.717) is 35.2 Å². The van der Waals surface area contributed by atoms with Gasteiger partial charge in [0.1, 0.15) is 0 Å². The molecule has 0 saturated carbocycles. The average molecular weight is 576 g/mol. The number of hydrogen-bond acceptors (Lipinski definition) is 7. The molecule has 1 amide bonds. The van der Waals surface area contributed by atoms with Crippen LogP contribution in [0.4, 0.5) is 20.3 Å². The second-order valence-electron chi connectivity index (χ2n) is 10.8. The summed E-state index contributed by atoms with van der Waals surface area (Å²) in [7, 11) is 1.29. The number of fused-ring (bicyclic) bond motifs is 1. The molecule has 0 unspecified atom stereocenters. The third-order valence-corrected chi connectivity index (χ3v) is 8.25. The number of piperazine rings is 1. The van der Waals surface area contributed by atoms with E-state index in [1.807, 2.05) is 30.0 Å². The summed E-state index contributed by atoms with van der Waals surface area (Å²) >= 11 is 0. The Labute approximate surface area is 243 Å². The van der Waals surface area contributed by atoms with Gasteiger partial charge in [0.2, 0.25) is 5.82 Å². The van der Waals surface area contributed by atoms with Crippen LogP contribution in [-0.4, -0.2) is 82.5 Å². The van der Waals surface area contributed by atoms with Crippen LogP contribution in [-0.2, 0) is 6.42 Å². The fourth-order valence-electron chi connectivity index (χ4n) is 5.93. The van der Waals surface area contributed by atoms with Crippen LogP contribution >= 0.6 is 0 Å². The van der Waals surface area contributed by atoms with Crippen LogP contribution < -0.4 is 15.4 Å². The van der Waals surface area contributed by atoms with Gasteiger partial charge in [0.05, 0.1) is 19.0 Å². The Kier molecular flexibility index (Phi) is 8.03. The summed E-state index contributed by atoms with van der Waals surface area (Å²) in [6.07, 6.45) is 7.86. The van der Waals surface area contributed by atoms with E-state index < -0.39 is 11.6 Å². The number of benzene rings is 2. The Bertz CT molecular complexity index is 1590. The first-order valence-corrected chi connectivity index (χ1v) is 14.5. The van der Waals surface area contributed by atoms with E-state index in [9.17, 15) is 13.6 Å². The predicted octanol–water partition coefficient (Wildman–Crippen LogP) is 4.50. The number of imidazole rings is 1. The summed E-state index contributed by atoms with van der Waals surface area (Å²) in [4.78, 5) is 26.8. The summed E-state index contributed by atoms with van der Waals surface area (Å²) in [6.45, 7) is 7.41. The van der Waals surface area contributed by atoms with Crippen LogP contribution in [0.2, 0.25) is 0 Å². The van der Waals surface area contributed by atoms with E-state index in [1.165, 1.54) is 38.3 Å². The molecule has 2 aliphatic rings. The van der Waals surface area contributed by atoms with Gasteiger partial charge in [0.15, 0.2) is 23.0 Å². The molecule has 2 aromatic carbocycles. The van der Waals surface area contributed by atoms with E-state index >= 15 is 0 Å². The maximum atomic E-state index is 14.8. The number of nitrogens with zero attached hydrogens (tertiary/aromatic N) is 5. The molecular weight excluding hydrogens is 540 g/mol. The Hall–Kier alpha value is -4.09. The van der Waals surface area contributed by atoms with Crippen LogP contribution in [0.15, 0.2) is 48.9 Å². The van der Waals surface area contributed by atoms with Crippen LogP contribution in [0.3, 0.4) is 0 Å². The predicted molar refractivity (Wildman–Crippen MR) is 157 cm³/mol. The molecule has 4 heterocycles. The molecule has 0 spiro atoms. The van der Waals surface area contributed by atoms with Crippen molar-refractivity contribution in [3.05, 3.63) is 71.7 Å². The fraction of sp³-hybridized carbons (Fsp3) is 0.387. The maximum absolute atomic E-state index is 14.8. The van der Waals surface area contributed by atoms with Gasteiger partial charge in [-0.15, -0.1) is 0 Å². The van der Waals surface area contributed by atoms with Crippen molar-refractivity contribution in [2.24, 2.45) is 0 Å². The number of halogens is 2. The number of carbonyl (C=O) groups excluding carboxylic acids is 1. The van der Waals surface area contributed by atoms with E-state index in [2.05, 4.69) is 25.5 Å². The van der Waals surface area contributed by atoms with E-state index in [-0.39, 0.29) is 17.2 Å². The number of nitrogens with one attached hydrogen (secondary N) is 2. The lowest BCUT2D eigenvalue weighted by Crippen LogP contribution is -2.51. The number of carbonyl (C=O) groups is 1. The molecule has 220 valence electrons. The first-order chi connectivity index (χ1) is 20.5. The Morgan fingerprint density at radius 2 is 1.95 bits per heavy atom. The van der Waals surface area contributed by atoms with E-state index in [0.717, 1.165) is 50.5 Å². The number of aryl methyl sites for hydroxylation is 1. The van der Waals surface area contributed by atoms with Gasteiger partial charge in [0.25, 0.3) is 5.91 Å². The highest BCUT2D eigenvalue weighted by Crippen LogP contribution is 2.32. The maximum Gasteiger partial charge on any atom is 0.254 e. The molecule has 1 atom stereocenters. The lowest BCUT2D eigenvalue weighted by atomic mass is 10.0. The highest BCUT2D eigenvalue weighted by molar-refractivity contribution is 5.96. The molecule has 2 fully saturated rings. The van der Waals surface area contributed by atoms with Crippen molar-refractivity contribution in [1.29, 1.82) is 0 Å². The van der Waals surface area contributed by atoms with Gasteiger partial charge in [-0.2, -0.15) is 4.39 Å². The lowest BCUT2D eigenvalue weighted by molar-refractivity contribution is 0.0627. The number of hydrogen-bond donors (Lipinski definition) is 2. The summed E-state index contributed by atoms with van der Waals surface area (Å²) in [5.74, 6) is -1.72. The van der Waals surface area contributed by atoms with Gasteiger partial charge in [-0.1, -0.05) is 6.92 Å². The summed E-state index contributed by atoms with van der Waals surface area (Å²) < 4.78 is 35.8. The van der Waals surface area contributed by atoms with Gasteiger partial charge in [-0.05, 0) is 61.7 Å². The topological polar surface area (TPSA) is 87.0 Å². The zero-order chi connectivity index (χ0) is 29.2. The van der Waals surface area contributed by atoms with E-state index in [1.54, 1.807) is 16.8 Å². The summed E-state index contributed by atoms with van der Waals surface area (Å²) in [6, 6.07) is 9.11. The standard InChI is InChI=1S/C31H35F2N7O2/c1-3-20-17-21(6-7-23(20)31(41)39-15-13-38(14-16-39)19-22-5-4-10-34-22)37-29-30-36-18-25(40(30)12-11-35-29)24-8-9-26(42-2)28(33)27(24)32/h6-9,11-12,17-18,22,34H,3-5,10,13-16,19H2,1-2H3,(H,35,37)/t22-/m0/s1. The SMILES string of the molecule is CCc1cc(Nc2nccn3c(-c4ccc(OC)c(F)c4F)cnc23)ccc1C(=O)N1CCN(C[C@@H]2CCCN2)CC1. The molecule has 6 rings (SSSR count). The molecule has 11 heteroatoms. The van der Waals surface area contributed by atoms with Crippen molar-refractivity contribution in [2.45, 2.75) is 32.2 Å². The highest BCUT2D eigenvalue weighted by Gasteiger charge is 2.26. The van der Waals surface area contributed by atoms with Crippen molar-refractivity contribution in [3.8, 4) is 17.0 Å². The normalized spacial score (nSPS) is 17.6. The molecule has 0 radical (unpaired) electrons. The van der Waals surface area contributed by atoms with Crippen molar-refractivity contribution in [3.63, 3.8) is 0 Å². The van der Waals surface area contributed by atoms with Gasteiger partial charge in [-0.25, -0.2) is 14.4 Å². The van der Waals surface area contributed by atoms with Gasteiger partial charge >= 0.3 is 0 Å². The molecule has 4 aromatic rings. The van der Waals surface area contributed by atoms with Gasteiger partial charge in [0, 0.05) is 68.0 Å². The minimum absolute atomic E-state index is 0.0592. The van der Waals surface area contributed by atoms with Crippen molar-refractivity contribution >= 4 is 23.1 Å². The minimum Gasteiger partial charge on any atom is -0.494 e. The Morgan fingerprint density at radius 3 is 2.69 bits per heavy atom. The number of ether oxygens (including phenoxy) is 1. The number of amides is 1. The van der Waals surface area contributed by atoms with Crippen molar-refractivity contribution in [1.82, 2.24) is 29.5 Å². The van der Waals surface area contributed by atoms with Crippen molar-refractivity contribution in [2.75, 3.05) is 51.7 Å². The number of aromatic nitrogens is 3. The molecule has 9 nitrogen and oxygen atoms in total. The second kappa shape index (κ2) is 12.0. The van der Waals surface area contributed by atoms with Gasteiger partial charge < -0.3 is 20.3 Å². The highest BCUT2D eigenvalue weighted by atomic mass is 19.2. The summed E-state index contributed by atoms with van der Waals surface area (Å²) in [5, 5.41) is 6.85. The third kappa shape index (κ3) is 5.41. The van der Waals surface area contributed by atoms with Crippen LogP contribution in [0, 0.1) is 11.6 Å². The van der Waals surface area contributed by atoms with Crippen LogP contribution in [0.5, 0.6) is 5.75 Å². The van der Waals surface area contributed by atoms with Crippen LogP contribution in [0.1, 0.15) is 35.7 Å². The zero-order valence-corrected chi connectivity index (χ0v) is 23.9. The quantitative estimate of drug-likeness (QED) is 0.320. The second-order valence-corrected chi connectivity index (χ2v) is 10.8.